The van der Waals surface area contributed by atoms with E-state index in [4.69, 9.17) is 23.7 Å². The highest BCUT2D eigenvalue weighted by Crippen LogP contribution is 2.51. The second-order valence-corrected chi connectivity index (χ2v) is 7.58. The van der Waals surface area contributed by atoms with Crippen LogP contribution in [0.1, 0.15) is 49.7 Å². The Hall–Kier alpha value is -2.40. The highest BCUT2D eigenvalue weighted by Gasteiger charge is 2.41. The number of hydrogen-bond acceptors (Lipinski definition) is 5. The summed E-state index contributed by atoms with van der Waals surface area (Å²) in [6.07, 6.45) is 0.874. The molecule has 4 atom stereocenters. The molecular weight excluding hydrogens is 356 g/mol. The van der Waals surface area contributed by atoms with Gasteiger partial charge in [-0.1, -0.05) is 26.8 Å². The molecule has 150 valence electrons. The molecule has 2 aromatic carbocycles. The van der Waals surface area contributed by atoms with Crippen LogP contribution in [-0.2, 0) is 11.2 Å². The van der Waals surface area contributed by atoms with Gasteiger partial charge in [-0.25, -0.2) is 0 Å². The minimum atomic E-state index is -0.00414. The van der Waals surface area contributed by atoms with E-state index in [0.29, 0.717) is 11.8 Å². The largest absolute Gasteiger partial charge is 0.493 e. The lowest BCUT2D eigenvalue weighted by Crippen LogP contribution is -2.10. The van der Waals surface area contributed by atoms with Gasteiger partial charge < -0.3 is 23.7 Å². The molecule has 0 amide bonds. The van der Waals surface area contributed by atoms with Gasteiger partial charge in [0.05, 0.1) is 26.4 Å². The van der Waals surface area contributed by atoms with E-state index in [0.717, 1.165) is 46.1 Å². The van der Waals surface area contributed by atoms with Crippen LogP contribution in [0.4, 0.5) is 0 Å². The molecule has 0 aliphatic carbocycles. The van der Waals surface area contributed by atoms with Crippen molar-refractivity contribution < 1.29 is 23.7 Å². The quantitative estimate of drug-likeness (QED) is 0.719. The third kappa shape index (κ3) is 3.08. The second-order valence-electron chi connectivity index (χ2n) is 7.58. The van der Waals surface area contributed by atoms with Crippen molar-refractivity contribution in [1.82, 2.24) is 0 Å². The first-order valence-corrected chi connectivity index (χ1v) is 9.87. The molecular formula is C23H28O5. The highest BCUT2D eigenvalue weighted by molar-refractivity contribution is 5.50. The average Bonchev–Trinajstić information content (AvgIpc) is 3.31. The third-order valence-corrected chi connectivity index (χ3v) is 6.09. The third-order valence-electron chi connectivity index (χ3n) is 6.09. The monoisotopic (exact) mass is 384 g/mol. The molecule has 5 nitrogen and oxygen atoms in total. The van der Waals surface area contributed by atoms with Gasteiger partial charge in [-0.2, -0.15) is 0 Å². The molecule has 2 aliphatic rings. The van der Waals surface area contributed by atoms with Crippen molar-refractivity contribution in [3.63, 3.8) is 0 Å². The molecule has 0 bridgehead atoms. The van der Waals surface area contributed by atoms with Crippen LogP contribution in [0.25, 0.3) is 0 Å². The predicted molar refractivity (Wildman–Crippen MR) is 106 cm³/mol. The van der Waals surface area contributed by atoms with E-state index in [1.807, 2.05) is 18.2 Å². The zero-order valence-electron chi connectivity index (χ0n) is 17.2. The van der Waals surface area contributed by atoms with Crippen molar-refractivity contribution in [2.75, 3.05) is 21.0 Å². The first-order chi connectivity index (χ1) is 13.6. The van der Waals surface area contributed by atoms with Gasteiger partial charge in [-0.05, 0) is 59.2 Å². The van der Waals surface area contributed by atoms with Gasteiger partial charge in [0.25, 0.3) is 0 Å². The van der Waals surface area contributed by atoms with Gasteiger partial charge in [-0.3, -0.25) is 0 Å². The maximum atomic E-state index is 6.60. The van der Waals surface area contributed by atoms with Crippen LogP contribution in [0.15, 0.2) is 30.3 Å². The predicted octanol–water partition coefficient (Wildman–Crippen LogP) is 5.08. The minimum absolute atomic E-state index is 0.00414. The lowest BCUT2D eigenvalue weighted by molar-refractivity contribution is 0.0288. The van der Waals surface area contributed by atoms with Gasteiger partial charge in [-0.15, -0.1) is 0 Å². The minimum Gasteiger partial charge on any atom is -0.493 e. The molecule has 4 rings (SSSR count). The van der Waals surface area contributed by atoms with Crippen molar-refractivity contribution in [3.8, 4) is 23.0 Å². The number of aryl methyl sites for hydroxylation is 1. The van der Waals surface area contributed by atoms with Crippen LogP contribution in [0.3, 0.4) is 0 Å². The van der Waals surface area contributed by atoms with Crippen LogP contribution >= 0.6 is 0 Å². The number of hydrogen-bond donors (Lipinski definition) is 0. The van der Waals surface area contributed by atoms with Crippen LogP contribution in [0.2, 0.25) is 0 Å². The summed E-state index contributed by atoms with van der Waals surface area (Å²) in [5.74, 6) is 3.88. The Balaban J connectivity index is 1.66. The summed E-state index contributed by atoms with van der Waals surface area (Å²) in [6, 6.07) is 10.3. The van der Waals surface area contributed by atoms with E-state index >= 15 is 0 Å². The molecule has 0 N–H and O–H groups in total. The Morgan fingerprint density at radius 1 is 0.893 bits per heavy atom. The van der Waals surface area contributed by atoms with E-state index in [9.17, 15) is 0 Å². The number of methoxy groups -OCH3 is 2. The zero-order chi connectivity index (χ0) is 19.8. The van der Waals surface area contributed by atoms with Crippen LogP contribution in [-0.4, -0.2) is 21.0 Å². The number of rotatable bonds is 5. The summed E-state index contributed by atoms with van der Waals surface area (Å²) >= 11 is 0. The molecule has 0 radical (unpaired) electrons. The zero-order valence-corrected chi connectivity index (χ0v) is 17.2. The highest BCUT2D eigenvalue weighted by atomic mass is 16.7. The number of benzene rings is 2. The Labute approximate surface area is 166 Å². The normalized spacial score (nSPS) is 25.8. The molecule has 2 aliphatic heterocycles. The lowest BCUT2D eigenvalue weighted by atomic mass is 9.85. The van der Waals surface area contributed by atoms with E-state index in [-0.39, 0.29) is 19.0 Å². The van der Waals surface area contributed by atoms with Crippen LogP contribution < -0.4 is 18.9 Å². The fourth-order valence-electron chi connectivity index (χ4n) is 4.31. The average molecular weight is 384 g/mol. The summed E-state index contributed by atoms with van der Waals surface area (Å²) in [7, 11) is 3.36. The molecule has 0 aromatic heterocycles. The van der Waals surface area contributed by atoms with Crippen LogP contribution in [0, 0.1) is 11.8 Å². The first kappa shape index (κ1) is 18.9. The Morgan fingerprint density at radius 2 is 1.61 bits per heavy atom. The van der Waals surface area contributed by atoms with Gasteiger partial charge >= 0.3 is 0 Å². The lowest BCUT2D eigenvalue weighted by Gasteiger charge is -2.20. The van der Waals surface area contributed by atoms with Crippen molar-refractivity contribution in [2.24, 2.45) is 11.8 Å². The van der Waals surface area contributed by atoms with Gasteiger partial charge in [0.2, 0.25) is 6.79 Å². The molecule has 1 saturated heterocycles. The topological polar surface area (TPSA) is 46.2 Å². The molecule has 0 saturated carbocycles. The maximum absolute atomic E-state index is 6.60. The summed E-state index contributed by atoms with van der Waals surface area (Å²) in [4.78, 5) is 0. The molecule has 2 heterocycles. The Kier molecular flexibility index (Phi) is 5.11. The molecule has 1 fully saturated rings. The number of ether oxygens (including phenoxy) is 5. The van der Waals surface area contributed by atoms with Crippen molar-refractivity contribution >= 4 is 0 Å². The maximum Gasteiger partial charge on any atom is 0.231 e. The Morgan fingerprint density at radius 3 is 2.29 bits per heavy atom. The molecule has 4 unspecified atom stereocenters. The Bertz CT molecular complexity index is 837. The molecule has 5 heteroatoms. The van der Waals surface area contributed by atoms with Gasteiger partial charge in [0.1, 0.15) is 0 Å². The van der Waals surface area contributed by atoms with E-state index in [2.05, 4.69) is 32.9 Å². The van der Waals surface area contributed by atoms with Crippen molar-refractivity contribution in [2.45, 2.75) is 39.4 Å². The summed E-state index contributed by atoms with van der Waals surface area (Å²) < 4.78 is 28.7. The molecule has 0 spiro atoms. The fourth-order valence-corrected chi connectivity index (χ4v) is 4.31. The van der Waals surface area contributed by atoms with Crippen LogP contribution in [0.5, 0.6) is 23.0 Å². The standard InChI is InChI=1S/C23H28O5/c1-6-15-9-17(11-20(24-4)23(15)25-5)22-14(3)13(2)21(28-22)16-7-8-18-19(10-16)27-12-26-18/h7-11,13-14,21-22H,6,12H2,1-5H3. The fraction of sp³-hybridized carbons (Fsp3) is 0.478. The van der Waals surface area contributed by atoms with Gasteiger partial charge in [0.15, 0.2) is 23.0 Å². The van der Waals surface area contributed by atoms with E-state index < -0.39 is 0 Å². The molecule has 2 aromatic rings. The van der Waals surface area contributed by atoms with E-state index in [1.54, 1.807) is 14.2 Å². The SMILES string of the molecule is CCc1cc(C2OC(c3ccc4c(c3)OCO4)C(C)C2C)cc(OC)c1OC. The molecule has 28 heavy (non-hydrogen) atoms. The summed E-state index contributed by atoms with van der Waals surface area (Å²) in [5, 5.41) is 0. The van der Waals surface area contributed by atoms with Gasteiger partial charge in [0, 0.05) is 0 Å². The summed E-state index contributed by atoms with van der Waals surface area (Å²) in [5.41, 5.74) is 3.39. The smallest absolute Gasteiger partial charge is 0.231 e. The van der Waals surface area contributed by atoms with Crippen molar-refractivity contribution in [3.05, 3.63) is 47.0 Å². The van der Waals surface area contributed by atoms with E-state index in [1.165, 1.54) is 0 Å². The first-order valence-electron chi connectivity index (χ1n) is 9.87. The second kappa shape index (κ2) is 7.55. The summed E-state index contributed by atoms with van der Waals surface area (Å²) in [6.45, 7) is 6.91. The number of fused-ring (bicyclic) bond motifs is 1. The van der Waals surface area contributed by atoms with Crippen molar-refractivity contribution in [1.29, 1.82) is 0 Å².